The molecule has 0 aromatic heterocycles. The highest BCUT2D eigenvalue weighted by Gasteiger charge is 2.35. The molecule has 3 nitrogen and oxygen atoms in total. The van der Waals surface area contributed by atoms with Crippen molar-refractivity contribution >= 4 is 0 Å². The Hall–Kier alpha value is -0.900. The average Bonchev–Trinajstić information content (AvgIpc) is 2.41. The Morgan fingerprint density at radius 1 is 1.41 bits per heavy atom. The lowest BCUT2D eigenvalue weighted by molar-refractivity contribution is -0.187. The number of rotatable bonds is 4. The van der Waals surface area contributed by atoms with Gasteiger partial charge in [0, 0.05) is 12.5 Å². The lowest BCUT2D eigenvalue weighted by atomic mass is 9.78. The van der Waals surface area contributed by atoms with E-state index in [4.69, 9.17) is 9.47 Å². The van der Waals surface area contributed by atoms with Crippen LogP contribution in [0.25, 0.3) is 0 Å². The molecule has 1 aromatic rings. The molecule has 2 rings (SSSR count). The van der Waals surface area contributed by atoms with Crippen molar-refractivity contribution in [1.82, 2.24) is 0 Å². The van der Waals surface area contributed by atoms with Gasteiger partial charge in [-0.05, 0) is 24.8 Å². The first-order valence-electron chi connectivity index (χ1n) is 6.07. The second kappa shape index (κ2) is 5.63. The fraction of sp³-hybridized carbons (Fsp3) is 0.571. The maximum Gasteiger partial charge on any atom is 0.157 e. The molecule has 1 aromatic carbocycles. The van der Waals surface area contributed by atoms with Crippen LogP contribution in [0.3, 0.4) is 0 Å². The van der Waals surface area contributed by atoms with Gasteiger partial charge in [0.25, 0.3) is 0 Å². The monoisotopic (exact) mass is 236 g/mol. The molecule has 0 aliphatic carbocycles. The highest BCUT2D eigenvalue weighted by Crippen LogP contribution is 2.34. The van der Waals surface area contributed by atoms with Crippen LogP contribution >= 0.6 is 0 Å². The predicted molar refractivity (Wildman–Crippen MR) is 65.6 cm³/mol. The Bertz CT molecular complexity index is 329. The van der Waals surface area contributed by atoms with Crippen LogP contribution in [0.4, 0.5) is 0 Å². The summed E-state index contributed by atoms with van der Waals surface area (Å²) in [6.07, 6.45) is 2.55. The molecule has 1 aliphatic heterocycles. The van der Waals surface area contributed by atoms with Crippen molar-refractivity contribution in [3.8, 4) is 0 Å². The highest BCUT2D eigenvalue weighted by molar-refractivity contribution is 5.16. The summed E-state index contributed by atoms with van der Waals surface area (Å²) >= 11 is 0. The van der Waals surface area contributed by atoms with Gasteiger partial charge in [-0.25, -0.2) is 0 Å². The lowest BCUT2D eigenvalue weighted by Gasteiger charge is -2.38. The summed E-state index contributed by atoms with van der Waals surface area (Å²) in [6.45, 7) is 0.731. The van der Waals surface area contributed by atoms with Crippen molar-refractivity contribution in [3.05, 3.63) is 35.9 Å². The molecule has 0 unspecified atom stereocenters. The van der Waals surface area contributed by atoms with Gasteiger partial charge in [0.15, 0.2) is 6.29 Å². The zero-order valence-electron chi connectivity index (χ0n) is 10.3. The molecule has 0 bridgehead atoms. The molecular formula is C14H20O3. The predicted octanol–water partition coefficient (Wildman–Crippen LogP) is 1.99. The number of methoxy groups -OCH3 is 1. The number of hydrogen-bond donors (Lipinski definition) is 1. The average molecular weight is 236 g/mol. The van der Waals surface area contributed by atoms with Crippen LogP contribution in [0.15, 0.2) is 30.3 Å². The van der Waals surface area contributed by atoms with Gasteiger partial charge in [0.2, 0.25) is 0 Å². The van der Waals surface area contributed by atoms with Crippen molar-refractivity contribution in [1.29, 1.82) is 0 Å². The van der Waals surface area contributed by atoms with E-state index < -0.39 is 0 Å². The minimum absolute atomic E-state index is 0.106. The fourth-order valence-electron chi connectivity index (χ4n) is 2.38. The molecule has 1 aliphatic rings. The third-order valence-electron chi connectivity index (χ3n) is 3.51. The first-order chi connectivity index (χ1) is 8.28. The van der Waals surface area contributed by atoms with E-state index in [1.807, 2.05) is 18.2 Å². The Kier molecular flexibility index (Phi) is 4.15. The third-order valence-corrected chi connectivity index (χ3v) is 3.51. The summed E-state index contributed by atoms with van der Waals surface area (Å²) < 4.78 is 10.8. The quantitative estimate of drug-likeness (QED) is 0.869. The Labute approximate surface area is 102 Å². The van der Waals surface area contributed by atoms with E-state index in [0.717, 1.165) is 19.3 Å². The SMILES string of the molecule is CO[C@@H]1CC[C@](CO)(Cc2ccccc2)CO1. The molecule has 17 heavy (non-hydrogen) atoms. The Morgan fingerprint density at radius 2 is 2.18 bits per heavy atom. The van der Waals surface area contributed by atoms with E-state index in [1.54, 1.807) is 7.11 Å². The second-order valence-corrected chi connectivity index (χ2v) is 4.84. The van der Waals surface area contributed by atoms with Gasteiger partial charge in [-0.15, -0.1) is 0 Å². The third kappa shape index (κ3) is 3.06. The molecule has 2 atom stereocenters. The minimum atomic E-state index is -0.142. The van der Waals surface area contributed by atoms with Gasteiger partial charge < -0.3 is 14.6 Å². The molecule has 94 valence electrons. The fourth-order valence-corrected chi connectivity index (χ4v) is 2.38. The van der Waals surface area contributed by atoms with Crippen LogP contribution in [0.5, 0.6) is 0 Å². The van der Waals surface area contributed by atoms with Gasteiger partial charge in [-0.1, -0.05) is 30.3 Å². The zero-order chi connectivity index (χ0) is 12.1. The molecule has 1 N–H and O–H groups in total. The normalized spacial score (nSPS) is 29.2. The highest BCUT2D eigenvalue weighted by atomic mass is 16.7. The standard InChI is InChI=1S/C14H20O3/c1-16-13-7-8-14(10-15,11-17-13)9-12-5-3-2-4-6-12/h2-6,13,15H,7-11H2,1H3/t13-,14+/m0/s1. The van der Waals surface area contributed by atoms with Crippen LogP contribution in [-0.4, -0.2) is 31.7 Å². The summed E-state index contributed by atoms with van der Waals surface area (Å²) in [5.41, 5.74) is 1.11. The van der Waals surface area contributed by atoms with Crippen LogP contribution in [-0.2, 0) is 15.9 Å². The maximum absolute atomic E-state index is 9.64. The van der Waals surface area contributed by atoms with Gasteiger partial charge in [0.05, 0.1) is 13.2 Å². The zero-order valence-corrected chi connectivity index (χ0v) is 10.3. The number of ether oxygens (including phenoxy) is 2. The molecule has 1 heterocycles. The van der Waals surface area contributed by atoms with Crippen LogP contribution < -0.4 is 0 Å². The van der Waals surface area contributed by atoms with Crippen molar-refractivity contribution in [3.63, 3.8) is 0 Å². The van der Waals surface area contributed by atoms with Crippen molar-refractivity contribution < 1.29 is 14.6 Å². The summed E-state index contributed by atoms with van der Waals surface area (Å²) in [7, 11) is 1.66. The number of benzene rings is 1. The molecule has 0 saturated carbocycles. The molecule has 0 spiro atoms. The van der Waals surface area contributed by atoms with E-state index in [2.05, 4.69) is 12.1 Å². The molecule has 0 radical (unpaired) electrons. The first kappa shape index (κ1) is 12.6. The largest absolute Gasteiger partial charge is 0.396 e. The molecule has 0 amide bonds. The topological polar surface area (TPSA) is 38.7 Å². The first-order valence-corrected chi connectivity index (χ1v) is 6.07. The maximum atomic E-state index is 9.64. The summed E-state index contributed by atoms with van der Waals surface area (Å²) in [5, 5.41) is 9.64. The van der Waals surface area contributed by atoms with Crippen LogP contribution in [0, 0.1) is 5.41 Å². The van der Waals surface area contributed by atoms with Gasteiger partial charge in [-0.3, -0.25) is 0 Å². The van der Waals surface area contributed by atoms with Gasteiger partial charge in [0.1, 0.15) is 0 Å². The summed E-state index contributed by atoms with van der Waals surface area (Å²) in [4.78, 5) is 0. The van der Waals surface area contributed by atoms with Crippen LogP contribution in [0.2, 0.25) is 0 Å². The van der Waals surface area contributed by atoms with Crippen molar-refractivity contribution in [2.45, 2.75) is 25.6 Å². The van der Waals surface area contributed by atoms with E-state index in [-0.39, 0.29) is 18.3 Å². The lowest BCUT2D eigenvalue weighted by Crippen LogP contribution is -2.41. The van der Waals surface area contributed by atoms with Gasteiger partial charge >= 0.3 is 0 Å². The van der Waals surface area contributed by atoms with E-state index in [1.165, 1.54) is 5.56 Å². The molecule has 1 fully saturated rings. The minimum Gasteiger partial charge on any atom is -0.396 e. The molecular weight excluding hydrogens is 216 g/mol. The smallest absolute Gasteiger partial charge is 0.157 e. The number of hydrogen-bond acceptors (Lipinski definition) is 3. The second-order valence-electron chi connectivity index (χ2n) is 4.84. The number of aliphatic hydroxyl groups excluding tert-OH is 1. The van der Waals surface area contributed by atoms with E-state index in [9.17, 15) is 5.11 Å². The van der Waals surface area contributed by atoms with E-state index in [0.29, 0.717) is 6.61 Å². The molecule has 1 saturated heterocycles. The molecule has 3 heteroatoms. The van der Waals surface area contributed by atoms with E-state index >= 15 is 0 Å². The van der Waals surface area contributed by atoms with Crippen molar-refractivity contribution in [2.24, 2.45) is 5.41 Å². The summed E-state index contributed by atoms with van der Waals surface area (Å²) in [5.74, 6) is 0. The van der Waals surface area contributed by atoms with Crippen molar-refractivity contribution in [2.75, 3.05) is 20.3 Å². The Morgan fingerprint density at radius 3 is 2.71 bits per heavy atom. The number of aliphatic hydroxyl groups is 1. The van der Waals surface area contributed by atoms with Crippen LogP contribution in [0.1, 0.15) is 18.4 Å². The summed E-state index contributed by atoms with van der Waals surface area (Å²) in [6, 6.07) is 10.3. The Balaban J connectivity index is 2.01. The van der Waals surface area contributed by atoms with Gasteiger partial charge in [-0.2, -0.15) is 0 Å².